The van der Waals surface area contributed by atoms with E-state index in [2.05, 4.69) is 0 Å². The molecule has 0 aliphatic heterocycles. The fraction of sp³-hybridized carbons (Fsp3) is 0.300. The van der Waals surface area contributed by atoms with Crippen LogP contribution in [0.25, 0.3) is 0 Å². The van der Waals surface area contributed by atoms with Crippen LogP contribution in [-0.2, 0) is 21.6 Å². The number of ether oxygens (including phenoxy) is 1. The highest BCUT2D eigenvalue weighted by Gasteiger charge is 2.36. The van der Waals surface area contributed by atoms with Gasteiger partial charge in [-0.15, -0.1) is 0 Å². The number of ketones is 1. The Kier molecular flexibility index (Phi) is 6.61. The van der Waals surface area contributed by atoms with Crippen molar-refractivity contribution in [3.8, 4) is 17.2 Å². The lowest BCUT2D eigenvalue weighted by atomic mass is 9.82. The van der Waals surface area contributed by atoms with E-state index in [4.69, 9.17) is 4.74 Å². The molecule has 1 amide bonds. The second-order valence-corrected chi connectivity index (χ2v) is 6.42. The first-order chi connectivity index (χ1) is 13.2. The van der Waals surface area contributed by atoms with Gasteiger partial charge in [0.15, 0.2) is 11.5 Å². The average molecular weight is 389 g/mol. The number of carbonyl (C=O) groups excluding carboxylic acids is 2. The number of benzene rings is 2. The molecule has 28 heavy (non-hydrogen) atoms. The molecule has 2 aromatic rings. The summed E-state index contributed by atoms with van der Waals surface area (Å²) < 4.78 is 5.37. The number of hydroxylamine groups is 2. The van der Waals surface area contributed by atoms with Crippen molar-refractivity contribution in [1.82, 2.24) is 5.06 Å². The van der Waals surface area contributed by atoms with Gasteiger partial charge in [-0.1, -0.05) is 18.2 Å². The lowest BCUT2D eigenvalue weighted by molar-refractivity contribution is -0.167. The van der Waals surface area contributed by atoms with E-state index in [9.17, 15) is 30.1 Å². The summed E-state index contributed by atoms with van der Waals surface area (Å²) in [6.07, 6.45) is -0.689. The molecule has 4 N–H and O–H groups in total. The zero-order chi connectivity index (χ0) is 20.9. The SMILES string of the molecule is CCOc1ccc(CC(O)(CC(=O)C(=O)N(C)O)c2ccc(O)c(O)c2)cc1. The van der Waals surface area contributed by atoms with Gasteiger partial charge in [0.25, 0.3) is 0 Å². The number of amides is 1. The Bertz CT molecular complexity index is 848. The molecule has 0 aliphatic rings. The molecule has 0 bridgehead atoms. The van der Waals surface area contributed by atoms with Gasteiger partial charge in [0.1, 0.15) is 11.4 Å². The molecule has 1 atom stereocenters. The van der Waals surface area contributed by atoms with Crippen LogP contribution in [0.5, 0.6) is 17.2 Å². The predicted octanol–water partition coefficient (Wildman–Crippen LogP) is 1.73. The maximum atomic E-state index is 12.2. The fourth-order valence-electron chi connectivity index (χ4n) is 2.81. The standard InChI is InChI=1S/C20H23NO7/c1-3-28-15-7-4-13(5-8-15)11-20(26,12-18(24)19(25)21(2)27)14-6-9-16(22)17(23)10-14/h4-10,22-23,26-27H,3,11-12H2,1-2H3. The van der Waals surface area contributed by atoms with Crippen LogP contribution in [0.1, 0.15) is 24.5 Å². The Morgan fingerprint density at radius 1 is 1.07 bits per heavy atom. The van der Waals surface area contributed by atoms with Crippen molar-refractivity contribution < 1.29 is 34.9 Å². The molecule has 0 aliphatic carbocycles. The highest BCUT2D eigenvalue weighted by atomic mass is 16.5. The van der Waals surface area contributed by atoms with Gasteiger partial charge in [0.05, 0.1) is 6.61 Å². The number of hydrogen-bond donors (Lipinski definition) is 4. The lowest BCUT2D eigenvalue weighted by Crippen LogP contribution is -2.38. The van der Waals surface area contributed by atoms with Crippen molar-refractivity contribution in [2.75, 3.05) is 13.7 Å². The number of hydrogen-bond acceptors (Lipinski definition) is 7. The summed E-state index contributed by atoms with van der Waals surface area (Å²) in [6.45, 7) is 2.35. The first kappa shape index (κ1) is 21.2. The van der Waals surface area contributed by atoms with Gasteiger partial charge >= 0.3 is 5.91 Å². The first-order valence-electron chi connectivity index (χ1n) is 8.62. The second kappa shape index (κ2) is 8.73. The van der Waals surface area contributed by atoms with E-state index in [-0.39, 0.29) is 22.8 Å². The van der Waals surface area contributed by atoms with E-state index in [0.717, 1.165) is 13.1 Å². The molecule has 0 radical (unpaired) electrons. The predicted molar refractivity (Wildman–Crippen MR) is 99.2 cm³/mol. The van der Waals surface area contributed by atoms with Crippen molar-refractivity contribution >= 4 is 11.7 Å². The fourth-order valence-corrected chi connectivity index (χ4v) is 2.81. The Balaban J connectivity index is 2.38. The third-order valence-electron chi connectivity index (χ3n) is 4.23. The Morgan fingerprint density at radius 3 is 2.25 bits per heavy atom. The third kappa shape index (κ3) is 4.99. The molecular weight excluding hydrogens is 366 g/mol. The summed E-state index contributed by atoms with van der Waals surface area (Å²) >= 11 is 0. The van der Waals surface area contributed by atoms with Crippen LogP contribution in [0, 0.1) is 0 Å². The molecule has 0 fully saturated rings. The molecule has 0 saturated carbocycles. The minimum Gasteiger partial charge on any atom is -0.504 e. The molecule has 0 heterocycles. The molecule has 0 spiro atoms. The highest BCUT2D eigenvalue weighted by Crippen LogP contribution is 2.35. The van der Waals surface area contributed by atoms with Crippen LogP contribution in [0.2, 0.25) is 0 Å². The molecule has 2 rings (SSSR count). The minimum atomic E-state index is -1.86. The van der Waals surface area contributed by atoms with Crippen molar-refractivity contribution in [3.05, 3.63) is 53.6 Å². The van der Waals surface area contributed by atoms with Crippen molar-refractivity contribution in [3.63, 3.8) is 0 Å². The van der Waals surface area contributed by atoms with Crippen LogP contribution >= 0.6 is 0 Å². The number of aliphatic hydroxyl groups is 1. The van der Waals surface area contributed by atoms with E-state index in [1.165, 1.54) is 12.1 Å². The topological polar surface area (TPSA) is 128 Å². The Hall–Kier alpha value is -3.10. The molecular formula is C20H23NO7. The molecule has 150 valence electrons. The molecule has 8 nitrogen and oxygen atoms in total. The molecule has 0 aromatic heterocycles. The maximum Gasteiger partial charge on any atom is 0.313 e. The van der Waals surface area contributed by atoms with Crippen LogP contribution < -0.4 is 4.74 Å². The lowest BCUT2D eigenvalue weighted by Gasteiger charge is -2.29. The summed E-state index contributed by atoms with van der Waals surface area (Å²) in [5, 5.41) is 39.9. The van der Waals surface area contributed by atoms with Gasteiger partial charge < -0.3 is 20.1 Å². The zero-order valence-corrected chi connectivity index (χ0v) is 15.6. The third-order valence-corrected chi connectivity index (χ3v) is 4.23. The number of carbonyl (C=O) groups is 2. The second-order valence-electron chi connectivity index (χ2n) is 6.42. The molecule has 2 aromatic carbocycles. The first-order valence-corrected chi connectivity index (χ1v) is 8.62. The molecule has 0 saturated heterocycles. The minimum absolute atomic E-state index is 0.0578. The Labute approximate surface area is 162 Å². The van der Waals surface area contributed by atoms with Crippen LogP contribution in [-0.4, -0.2) is 50.9 Å². The van der Waals surface area contributed by atoms with Crippen LogP contribution in [0.4, 0.5) is 0 Å². The summed E-state index contributed by atoms with van der Waals surface area (Å²) in [4.78, 5) is 24.0. The van der Waals surface area contributed by atoms with Crippen molar-refractivity contribution in [2.24, 2.45) is 0 Å². The normalized spacial score (nSPS) is 12.9. The number of aromatic hydroxyl groups is 2. The smallest absolute Gasteiger partial charge is 0.313 e. The van der Waals surface area contributed by atoms with E-state index in [1.807, 2.05) is 6.92 Å². The van der Waals surface area contributed by atoms with E-state index in [0.29, 0.717) is 17.9 Å². The van der Waals surface area contributed by atoms with Crippen LogP contribution in [0.3, 0.4) is 0 Å². The van der Waals surface area contributed by atoms with Gasteiger partial charge in [-0.3, -0.25) is 14.8 Å². The summed E-state index contributed by atoms with van der Waals surface area (Å²) in [5.41, 5.74) is -1.07. The van der Waals surface area contributed by atoms with Gasteiger partial charge in [-0.25, -0.2) is 5.06 Å². The summed E-state index contributed by atoms with van der Waals surface area (Å²) in [5.74, 6) is -2.39. The van der Waals surface area contributed by atoms with Crippen molar-refractivity contribution in [2.45, 2.75) is 25.4 Å². The summed E-state index contributed by atoms with van der Waals surface area (Å²) in [6, 6.07) is 10.5. The van der Waals surface area contributed by atoms with Gasteiger partial charge in [-0.2, -0.15) is 0 Å². The quantitative estimate of drug-likeness (QED) is 0.234. The largest absolute Gasteiger partial charge is 0.504 e. The Morgan fingerprint density at radius 2 is 1.71 bits per heavy atom. The molecule has 8 heteroatoms. The molecule has 1 unspecified atom stereocenters. The number of rotatable bonds is 8. The van der Waals surface area contributed by atoms with Crippen molar-refractivity contribution in [1.29, 1.82) is 0 Å². The van der Waals surface area contributed by atoms with E-state index >= 15 is 0 Å². The number of nitrogens with zero attached hydrogens (tertiary/aromatic N) is 1. The maximum absolute atomic E-state index is 12.2. The number of phenols is 2. The monoisotopic (exact) mass is 389 g/mol. The van der Waals surface area contributed by atoms with Gasteiger partial charge in [-0.05, 0) is 42.3 Å². The number of Topliss-reactive ketones (excluding diaryl/α,β-unsaturated/α-hetero) is 1. The van der Waals surface area contributed by atoms with E-state index < -0.39 is 29.5 Å². The van der Waals surface area contributed by atoms with Gasteiger partial charge in [0, 0.05) is 19.9 Å². The average Bonchev–Trinajstić information content (AvgIpc) is 2.64. The highest BCUT2D eigenvalue weighted by molar-refractivity contribution is 6.35. The van der Waals surface area contributed by atoms with E-state index in [1.54, 1.807) is 24.3 Å². The zero-order valence-electron chi connectivity index (χ0n) is 15.6. The number of likely N-dealkylation sites (N-methyl/N-ethyl adjacent to an activating group) is 1. The number of phenolic OH excluding ortho intramolecular Hbond substituents is 2. The van der Waals surface area contributed by atoms with Crippen LogP contribution in [0.15, 0.2) is 42.5 Å². The summed E-state index contributed by atoms with van der Waals surface area (Å²) in [7, 11) is 1.01. The van der Waals surface area contributed by atoms with Gasteiger partial charge in [0.2, 0.25) is 5.78 Å².